The predicted molar refractivity (Wildman–Crippen MR) is 108 cm³/mol. The Balaban J connectivity index is 1.73. The Kier molecular flexibility index (Phi) is 6.64. The molecule has 3 aliphatic rings. The smallest absolute Gasteiger partial charge is 0.132 e. The van der Waals surface area contributed by atoms with Crippen molar-refractivity contribution >= 4 is 5.78 Å². The van der Waals surface area contributed by atoms with Crippen LogP contribution in [0.1, 0.15) is 85.0 Å². The molecule has 0 amide bonds. The molecule has 2 heteroatoms. The molecule has 0 spiro atoms. The molecule has 3 unspecified atom stereocenters. The molecule has 3 saturated carbocycles. The monoisotopic (exact) mass is 360 g/mol. The van der Waals surface area contributed by atoms with Crippen LogP contribution in [0.2, 0.25) is 0 Å². The minimum Gasteiger partial charge on any atom is -0.374 e. The summed E-state index contributed by atoms with van der Waals surface area (Å²) < 4.78 is 6.03. The number of hydrogen-bond acceptors (Lipinski definition) is 2. The summed E-state index contributed by atoms with van der Waals surface area (Å²) in [7, 11) is 0. The Morgan fingerprint density at radius 3 is 2.69 bits per heavy atom. The van der Waals surface area contributed by atoms with Crippen LogP contribution in [0.3, 0.4) is 0 Å². The lowest BCUT2D eigenvalue weighted by Gasteiger charge is -2.56. The molecular formula is C24H40O2. The first kappa shape index (κ1) is 20.1. The van der Waals surface area contributed by atoms with Crippen LogP contribution in [-0.4, -0.2) is 18.5 Å². The Morgan fingerprint density at radius 2 is 1.96 bits per heavy atom. The fraction of sp³-hybridized carbons (Fsp3) is 0.875. The highest BCUT2D eigenvalue weighted by Gasteiger charge is 2.51. The average molecular weight is 361 g/mol. The molecule has 3 aliphatic carbocycles. The number of carbonyl (C=O) groups excluding carboxylic acids is 1. The zero-order chi connectivity index (χ0) is 18.7. The highest BCUT2D eigenvalue weighted by molar-refractivity contribution is 5.78. The van der Waals surface area contributed by atoms with Gasteiger partial charge in [-0.3, -0.25) is 4.79 Å². The van der Waals surface area contributed by atoms with E-state index in [1.165, 1.54) is 51.4 Å². The van der Waals surface area contributed by atoms with Gasteiger partial charge in [-0.1, -0.05) is 26.3 Å². The van der Waals surface area contributed by atoms with E-state index in [0.29, 0.717) is 29.8 Å². The molecule has 7 atom stereocenters. The number of carbonyl (C=O) groups is 1. The summed E-state index contributed by atoms with van der Waals surface area (Å²) in [6.07, 6.45) is 15.0. The first-order chi connectivity index (χ1) is 12.5. The van der Waals surface area contributed by atoms with Crippen LogP contribution >= 0.6 is 0 Å². The van der Waals surface area contributed by atoms with Gasteiger partial charge in [0.1, 0.15) is 5.78 Å². The standard InChI is InChI=1S/C24H40O2/c1-5-15-26-21-13-14-24(4)20(16-21)11-12-22-17(2)9-10-19(18(3)25)7-6-8-23(22)24/h5,17,19-23H,1,6-16H2,2-4H3/t17?,19-,20+,21-,22?,23?,24+/m1/s1. The quantitative estimate of drug-likeness (QED) is 0.558. The molecule has 0 radical (unpaired) electrons. The molecule has 3 fully saturated rings. The van der Waals surface area contributed by atoms with Gasteiger partial charge in [-0.15, -0.1) is 6.58 Å². The van der Waals surface area contributed by atoms with E-state index in [1.807, 2.05) is 13.0 Å². The molecule has 0 aliphatic heterocycles. The zero-order valence-electron chi connectivity index (χ0n) is 17.3. The minimum absolute atomic E-state index is 0.323. The minimum atomic E-state index is 0.323. The number of ketones is 1. The van der Waals surface area contributed by atoms with E-state index >= 15 is 0 Å². The summed E-state index contributed by atoms with van der Waals surface area (Å²) in [6, 6.07) is 0. The maximum atomic E-state index is 12.0. The molecule has 0 bridgehead atoms. The number of hydrogen-bond donors (Lipinski definition) is 0. The van der Waals surface area contributed by atoms with E-state index in [0.717, 1.165) is 36.5 Å². The van der Waals surface area contributed by atoms with E-state index in [2.05, 4.69) is 20.4 Å². The highest BCUT2D eigenvalue weighted by Crippen LogP contribution is 2.59. The fourth-order valence-electron chi connectivity index (χ4n) is 6.79. The summed E-state index contributed by atoms with van der Waals surface area (Å²) in [5, 5.41) is 0. The predicted octanol–water partition coefficient (Wildman–Crippen LogP) is 6.20. The van der Waals surface area contributed by atoms with Gasteiger partial charge in [0.05, 0.1) is 12.7 Å². The van der Waals surface area contributed by atoms with E-state index in [4.69, 9.17) is 4.74 Å². The van der Waals surface area contributed by atoms with Crippen LogP contribution in [0, 0.1) is 35.0 Å². The Hall–Kier alpha value is -0.630. The number of fused-ring (bicyclic) bond motifs is 3. The van der Waals surface area contributed by atoms with Gasteiger partial charge in [-0.25, -0.2) is 0 Å². The molecular weight excluding hydrogens is 320 g/mol. The summed E-state index contributed by atoms with van der Waals surface area (Å²) in [4.78, 5) is 12.0. The van der Waals surface area contributed by atoms with Crippen LogP contribution in [0.25, 0.3) is 0 Å². The first-order valence-corrected chi connectivity index (χ1v) is 11.2. The van der Waals surface area contributed by atoms with Gasteiger partial charge in [0, 0.05) is 5.92 Å². The number of rotatable bonds is 4. The van der Waals surface area contributed by atoms with Gasteiger partial charge in [0.2, 0.25) is 0 Å². The van der Waals surface area contributed by atoms with Gasteiger partial charge in [-0.05, 0) is 93.8 Å². The van der Waals surface area contributed by atoms with Crippen molar-refractivity contribution in [2.75, 3.05) is 6.61 Å². The second-order valence-electron chi connectivity index (χ2n) is 9.86. The molecule has 0 aromatic carbocycles. The molecule has 0 aromatic heterocycles. The number of Topliss-reactive ketones (excluding diaryl/α,β-unsaturated/α-hetero) is 1. The molecule has 0 saturated heterocycles. The molecule has 0 aromatic rings. The summed E-state index contributed by atoms with van der Waals surface area (Å²) in [6.45, 7) is 11.4. The Morgan fingerprint density at radius 1 is 1.15 bits per heavy atom. The van der Waals surface area contributed by atoms with E-state index in [9.17, 15) is 4.79 Å². The van der Waals surface area contributed by atoms with Crippen LogP contribution in [0.15, 0.2) is 12.7 Å². The topological polar surface area (TPSA) is 26.3 Å². The van der Waals surface area contributed by atoms with Gasteiger partial charge in [0.25, 0.3) is 0 Å². The molecule has 0 heterocycles. The summed E-state index contributed by atoms with van der Waals surface area (Å²) in [5.74, 6) is 4.06. The lowest BCUT2D eigenvalue weighted by Crippen LogP contribution is -2.49. The largest absolute Gasteiger partial charge is 0.374 e. The lowest BCUT2D eigenvalue weighted by molar-refractivity contribution is -0.121. The van der Waals surface area contributed by atoms with Crippen molar-refractivity contribution in [3.63, 3.8) is 0 Å². The van der Waals surface area contributed by atoms with Crippen LogP contribution in [0.4, 0.5) is 0 Å². The Bertz CT molecular complexity index is 498. The lowest BCUT2D eigenvalue weighted by atomic mass is 9.50. The SMILES string of the molecule is C=CCO[C@@H]1CC[C@]2(C)C3CCC[C@@H](C(C)=O)CCC(C)C3CC[C@H]2C1. The van der Waals surface area contributed by atoms with E-state index < -0.39 is 0 Å². The van der Waals surface area contributed by atoms with Crippen molar-refractivity contribution in [1.29, 1.82) is 0 Å². The maximum Gasteiger partial charge on any atom is 0.132 e. The van der Waals surface area contributed by atoms with Crippen molar-refractivity contribution < 1.29 is 9.53 Å². The van der Waals surface area contributed by atoms with Gasteiger partial charge < -0.3 is 4.74 Å². The molecule has 2 nitrogen and oxygen atoms in total. The van der Waals surface area contributed by atoms with Crippen molar-refractivity contribution in [2.45, 2.75) is 91.1 Å². The maximum absolute atomic E-state index is 12.0. The zero-order valence-corrected chi connectivity index (χ0v) is 17.3. The van der Waals surface area contributed by atoms with Crippen LogP contribution in [0.5, 0.6) is 0 Å². The van der Waals surface area contributed by atoms with Gasteiger partial charge >= 0.3 is 0 Å². The summed E-state index contributed by atoms with van der Waals surface area (Å²) >= 11 is 0. The van der Waals surface area contributed by atoms with Gasteiger partial charge in [0.15, 0.2) is 0 Å². The highest BCUT2D eigenvalue weighted by atomic mass is 16.5. The second kappa shape index (κ2) is 8.59. The van der Waals surface area contributed by atoms with Gasteiger partial charge in [-0.2, -0.15) is 0 Å². The summed E-state index contributed by atoms with van der Waals surface area (Å²) in [5.41, 5.74) is 0.487. The van der Waals surface area contributed by atoms with E-state index in [-0.39, 0.29) is 0 Å². The fourth-order valence-corrected chi connectivity index (χ4v) is 6.79. The van der Waals surface area contributed by atoms with Crippen molar-refractivity contribution in [1.82, 2.24) is 0 Å². The normalized spacial score (nSPS) is 44.0. The Labute approximate surface area is 161 Å². The third kappa shape index (κ3) is 4.11. The third-order valence-corrected chi connectivity index (χ3v) is 8.49. The first-order valence-electron chi connectivity index (χ1n) is 11.2. The molecule has 148 valence electrons. The van der Waals surface area contributed by atoms with Crippen LogP contribution < -0.4 is 0 Å². The van der Waals surface area contributed by atoms with E-state index in [1.54, 1.807) is 0 Å². The third-order valence-electron chi connectivity index (χ3n) is 8.49. The average Bonchev–Trinajstić information content (AvgIpc) is 2.70. The van der Waals surface area contributed by atoms with Crippen molar-refractivity contribution in [2.24, 2.45) is 35.0 Å². The van der Waals surface area contributed by atoms with Crippen molar-refractivity contribution in [3.8, 4) is 0 Å². The molecule has 3 rings (SSSR count). The second-order valence-corrected chi connectivity index (χ2v) is 9.86. The molecule has 0 N–H and O–H groups in total. The van der Waals surface area contributed by atoms with Crippen LogP contribution in [-0.2, 0) is 9.53 Å². The van der Waals surface area contributed by atoms with Crippen molar-refractivity contribution in [3.05, 3.63) is 12.7 Å². The number of ether oxygens (including phenoxy) is 1. The molecule has 26 heavy (non-hydrogen) atoms.